The summed E-state index contributed by atoms with van der Waals surface area (Å²) in [7, 11) is 0. The molecule has 1 aliphatic carbocycles. The summed E-state index contributed by atoms with van der Waals surface area (Å²) >= 11 is 0. The van der Waals surface area contributed by atoms with Gasteiger partial charge in [-0.05, 0) is 49.8 Å². The highest BCUT2D eigenvalue weighted by atomic mass is 19.1. The molecule has 0 spiro atoms. The van der Waals surface area contributed by atoms with Crippen molar-refractivity contribution in [3.63, 3.8) is 0 Å². The Morgan fingerprint density at radius 3 is 2.32 bits per heavy atom. The fourth-order valence-electron chi connectivity index (χ4n) is 4.67. The van der Waals surface area contributed by atoms with Gasteiger partial charge < -0.3 is 14.7 Å². The molecule has 1 saturated heterocycles. The number of hydrogen-bond donors (Lipinski definition) is 2. The molecule has 0 unspecified atom stereocenters. The highest BCUT2D eigenvalue weighted by Gasteiger charge is 2.62. The molecule has 1 atom stereocenters. The normalized spacial score (nSPS) is 20.2. The maximum atomic E-state index is 16.5. The molecule has 2 N–H and O–H groups in total. The zero-order valence-corrected chi connectivity index (χ0v) is 20.0. The molecular formula is C26H31FN4O3. The number of aliphatic hydroxyl groups is 2. The standard InChI is InChI=1S/C26H31FN4O3/c1-16(2)17-5-7-19(8-6-17)26(33,25(27)14-31(15-25)21-9-10-21)20-11-18(12-28-13-20)22-29-23(34-30-22)24(3,4)32/h5-8,11-13,16,21,32-33H,9-10,14-15H2,1-4H3/t26-/m0/s1. The number of nitrogens with zero attached hydrogens (tertiary/aromatic N) is 4. The van der Waals surface area contributed by atoms with E-state index in [1.54, 1.807) is 19.9 Å². The maximum absolute atomic E-state index is 16.5. The Balaban J connectivity index is 1.57. The number of halogens is 1. The van der Waals surface area contributed by atoms with Gasteiger partial charge in [0.2, 0.25) is 5.82 Å². The van der Waals surface area contributed by atoms with Gasteiger partial charge in [0.1, 0.15) is 5.60 Å². The van der Waals surface area contributed by atoms with Crippen molar-refractivity contribution in [1.29, 1.82) is 0 Å². The Labute approximate surface area is 198 Å². The van der Waals surface area contributed by atoms with Crippen molar-refractivity contribution >= 4 is 0 Å². The Morgan fingerprint density at radius 1 is 1.09 bits per heavy atom. The summed E-state index contributed by atoms with van der Waals surface area (Å²) in [6.07, 6.45) is 5.19. The minimum atomic E-state index is -1.90. The van der Waals surface area contributed by atoms with Gasteiger partial charge in [-0.3, -0.25) is 9.88 Å². The molecule has 1 saturated carbocycles. The Kier molecular flexibility index (Phi) is 5.39. The van der Waals surface area contributed by atoms with Gasteiger partial charge in [-0.15, -0.1) is 0 Å². The summed E-state index contributed by atoms with van der Waals surface area (Å²) in [5.41, 5.74) is -2.67. The van der Waals surface area contributed by atoms with Gasteiger partial charge in [-0.2, -0.15) is 4.98 Å². The van der Waals surface area contributed by atoms with Crippen LogP contribution >= 0.6 is 0 Å². The highest BCUT2D eigenvalue weighted by molar-refractivity contribution is 5.56. The summed E-state index contributed by atoms with van der Waals surface area (Å²) in [6, 6.07) is 9.58. The monoisotopic (exact) mass is 466 g/mol. The summed E-state index contributed by atoms with van der Waals surface area (Å²) in [5, 5.41) is 26.3. The molecule has 180 valence electrons. The quantitative estimate of drug-likeness (QED) is 0.545. The lowest BCUT2D eigenvalue weighted by atomic mass is 9.70. The predicted molar refractivity (Wildman–Crippen MR) is 125 cm³/mol. The van der Waals surface area contributed by atoms with E-state index in [-0.39, 0.29) is 24.8 Å². The van der Waals surface area contributed by atoms with E-state index in [0.717, 1.165) is 18.4 Å². The first-order chi connectivity index (χ1) is 16.0. The van der Waals surface area contributed by atoms with E-state index in [4.69, 9.17) is 4.52 Å². The third kappa shape index (κ3) is 3.83. The van der Waals surface area contributed by atoms with Crippen LogP contribution in [0.2, 0.25) is 0 Å². The second-order valence-electron chi connectivity index (χ2n) is 10.5. The molecule has 7 nitrogen and oxygen atoms in total. The van der Waals surface area contributed by atoms with Crippen LogP contribution in [0.1, 0.15) is 69.0 Å². The molecule has 2 fully saturated rings. The number of rotatable bonds is 7. The molecule has 0 amide bonds. The third-order valence-corrected chi connectivity index (χ3v) is 6.98. The van der Waals surface area contributed by atoms with Crippen LogP contribution in [0.5, 0.6) is 0 Å². The fourth-order valence-corrected chi connectivity index (χ4v) is 4.67. The van der Waals surface area contributed by atoms with Crippen molar-refractivity contribution in [3.8, 4) is 11.4 Å². The molecule has 5 rings (SSSR count). The van der Waals surface area contributed by atoms with E-state index in [1.807, 2.05) is 24.3 Å². The average Bonchev–Trinajstić information content (AvgIpc) is 3.49. The van der Waals surface area contributed by atoms with Crippen LogP contribution in [0, 0.1) is 0 Å². The van der Waals surface area contributed by atoms with Crippen LogP contribution in [-0.2, 0) is 11.2 Å². The second-order valence-corrected chi connectivity index (χ2v) is 10.5. The zero-order valence-electron chi connectivity index (χ0n) is 20.0. The zero-order chi connectivity index (χ0) is 24.3. The SMILES string of the molecule is CC(C)c1ccc([C@](O)(c2cncc(-c3noc(C(C)(C)O)n3)c2)C2(F)CN(C3CC3)C2)cc1. The third-order valence-electron chi connectivity index (χ3n) is 6.98. The maximum Gasteiger partial charge on any atom is 0.258 e. The summed E-state index contributed by atoms with van der Waals surface area (Å²) in [5.74, 6) is 0.599. The number of aromatic nitrogens is 3. The van der Waals surface area contributed by atoms with E-state index < -0.39 is 16.9 Å². The minimum absolute atomic E-state index is 0.0634. The van der Waals surface area contributed by atoms with Gasteiger partial charge in [-0.1, -0.05) is 43.3 Å². The molecule has 0 bridgehead atoms. The van der Waals surface area contributed by atoms with Gasteiger partial charge in [0.05, 0.1) is 0 Å². The topological polar surface area (TPSA) is 95.5 Å². The predicted octanol–water partition coefficient (Wildman–Crippen LogP) is 3.90. The molecule has 2 aromatic heterocycles. The molecular weight excluding hydrogens is 435 g/mol. The van der Waals surface area contributed by atoms with Crippen molar-refractivity contribution in [2.45, 2.75) is 69.4 Å². The van der Waals surface area contributed by atoms with Gasteiger partial charge in [0.15, 0.2) is 11.3 Å². The summed E-state index contributed by atoms with van der Waals surface area (Å²) in [4.78, 5) is 10.6. The van der Waals surface area contributed by atoms with E-state index in [9.17, 15) is 10.2 Å². The van der Waals surface area contributed by atoms with E-state index in [0.29, 0.717) is 28.7 Å². The minimum Gasteiger partial charge on any atom is -0.381 e. The number of hydrogen-bond acceptors (Lipinski definition) is 7. The van der Waals surface area contributed by atoms with Gasteiger partial charge in [0, 0.05) is 42.7 Å². The van der Waals surface area contributed by atoms with Crippen LogP contribution < -0.4 is 0 Å². The van der Waals surface area contributed by atoms with Gasteiger partial charge >= 0.3 is 0 Å². The lowest BCUT2D eigenvalue weighted by Crippen LogP contribution is -2.69. The molecule has 34 heavy (non-hydrogen) atoms. The molecule has 3 aromatic rings. The van der Waals surface area contributed by atoms with Crippen LogP contribution in [0.3, 0.4) is 0 Å². The van der Waals surface area contributed by atoms with Crippen molar-refractivity contribution in [2.24, 2.45) is 0 Å². The van der Waals surface area contributed by atoms with Crippen LogP contribution in [0.4, 0.5) is 4.39 Å². The van der Waals surface area contributed by atoms with Gasteiger partial charge in [0.25, 0.3) is 5.89 Å². The molecule has 8 heteroatoms. The summed E-state index contributed by atoms with van der Waals surface area (Å²) < 4.78 is 21.7. The molecule has 3 heterocycles. The lowest BCUT2D eigenvalue weighted by Gasteiger charge is -2.53. The van der Waals surface area contributed by atoms with E-state index in [2.05, 4.69) is 33.9 Å². The van der Waals surface area contributed by atoms with Crippen molar-refractivity contribution in [1.82, 2.24) is 20.0 Å². The molecule has 1 aliphatic heterocycles. The van der Waals surface area contributed by atoms with Crippen molar-refractivity contribution in [3.05, 3.63) is 65.3 Å². The smallest absolute Gasteiger partial charge is 0.258 e. The molecule has 2 aliphatic rings. The van der Waals surface area contributed by atoms with E-state index in [1.165, 1.54) is 12.4 Å². The average molecular weight is 467 g/mol. The van der Waals surface area contributed by atoms with Crippen molar-refractivity contribution < 1.29 is 19.1 Å². The molecule has 0 radical (unpaired) electrons. The van der Waals surface area contributed by atoms with E-state index >= 15 is 4.39 Å². The van der Waals surface area contributed by atoms with Crippen molar-refractivity contribution in [2.75, 3.05) is 13.1 Å². The Bertz CT molecular complexity index is 1180. The second kappa shape index (κ2) is 7.93. The highest BCUT2D eigenvalue weighted by Crippen LogP contribution is 2.50. The van der Waals surface area contributed by atoms with Crippen LogP contribution in [0.15, 0.2) is 47.2 Å². The Morgan fingerprint density at radius 2 is 1.76 bits per heavy atom. The summed E-state index contributed by atoms with van der Waals surface area (Å²) in [6.45, 7) is 7.61. The number of likely N-dealkylation sites (tertiary alicyclic amines) is 1. The number of pyridine rings is 1. The number of alkyl halides is 1. The first-order valence-corrected chi connectivity index (χ1v) is 11.8. The van der Waals surface area contributed by atoms with Gasteiger partial charge in [-0.25, -0.2) is 4.39 Å². The first-order valence-electron chi connectivity index (χ1n) is 11.8. The first kappa shape index (κ1) is 23.1. The largest absolute Gasteiger partial charge is 0.381 e. The number of benzene rings is 1. The fraction of sp³-hybridized carbons (Fsp3) is 0.500. The van der Waals surface area contributed by atoms with Crippen LogP contribution in [0.25, 0.3) is 11.4 Å². The Hall–Kier alpha value is -2.68. The lowest BCUT2D eigenvalue weighted by molar-refractivity contribution is -0.163. The molecule has 1 aromatic carbocycles. The van der Waals surface area contributed by atoms with Crippen LogP contribution in [-0.4, -0.2) is 55.0 Å².